The van der Waals surface area contributed by atoms with Gasteiger partial charge in [-0.1, -0.05) is 44.2 Å². The van der Waals surface area contributed by atoms with Gasteiger partial charge >= 0.3 is 0 Å². The SMILES string of the molecule is CNCC1C=CC(C(=N)/C=C(\[OH2+])c2nc(-c3ccc(SC(C)C)cc3)cnc2C)=CC1. The first kappa shape index (κ1) is 23.0. The molecule has 0 radical (unpaired) electrons. The maximum Gasteiger partial charge on any atom is 0.284 e. The van der Waals surface area contributed by atoms with Gasteiger partial charge in [-0.25, -0.2) is 4.98 Å². The van der Waals surface area contributed by atoms with E-state index in [1.54, 1.807) is 12.3 Å². The zero-order valence-electron chi connectivity index (χ0n) is 18.6. The van der Waals surface area contributed by atoms with Crippen LogP contribution in [0.25, 0.3) is 17.0 Å². The first-order chi connectivity index (χ1) is 14.9. The molecular formula is C25H31N4OS+. The molecule has 2 aromatic rings. The zero-order valence-corrected chi connectivity index (χ0v) is 19.4. The molecule has 1 aromatic heterocycles. The zero-order chi connectivity index (χ0) is 22.4. The predicted molar refractivity (Wildman–Crippen MR) is 132 cm³/mol. The average Bonchev–Trinajstić information content (AvgIpc) is 2.75. The van der Waals surface area contributed by atoms with Crippen molar-refractivity contribution in [3.8, 4) is 11.3 Å². The van der Waals surface area contributed by atoms with Crippen molar-refractivity contribution >= 4 is 23.2 Å². The molecule has 6 heteroatoms. The topological polar surface area (TPSA) is 84.6 Å². The number of aromatic nitrogens is 2. The lowest BCUT2D eigenvalue weighted by molar-refractivity contribution is 0.508. The summed E-state index contributed by atoms with van der Waals surface area (Å²) in [6, 6.07) is 8.28. The van der Waals surface area contributed by atoms with Crippen molar-refractivity contribution in [2.45, 2.75) is 37.3 Å². The van der Waals surface area contributed by atoms with Gasteiger partial charge in [0.1, 0.15) is 0 Å². The Hall–Kier alpha value is -2.70. The number of hydrogen-bond donors (Lipinski definition) is 2. The van der Waals surface area contributed by atoms with E-state index in [0.717, 1.165) is 29.8 Å². The van der Waals surface area contributed by atoms with Crippen LogP contribution in [0.2, 0.25) is 0 Å². The normalized spacial score (nSPS) is 16.5. The van der Waals surface area contributed by atoms with E-state index in [2.05, 4.69) is 48.4 Å². The number of benzene rings is 1. The van der Waals surface area contributed by atoms with Crippen molar-refractivity contribution in [3.05, 3.63) is 71.7 Å². The van der Waals surface area contributed by atoms with E-state index < -0.39 is 0 Å². The molecule has 0 fully saturated rings. The van der Waals surface area contributed by atoms with Crippen molar-refractivity contribution < 1.29 is 5.11 Å². The highest BCUT2D eigenvalue weighted by atomic mass is 32.2. The summed E-state index contributed by atoms with van der Waals surface area (Å²) in [5.74, 6) is 0.659. The molecule has 3 rings (SSSR count). The molecule has 0 bridgehead atoms. The lowest BCUT2D eigenvalue weighted by Gasteiger charge is -2.15. The van der Waals surface area contributed by atoms with Gasteiger partial charge in [0.2, 0.25) is 0 Å². The minimum atomic E-state index is 0.204. The molecule has 1 atom stereocenters. The molecule has 4 N–H and O–H groups in total. The smallest absolute Gasteiger partial charge is 0.284 e. The van der Waals surface area contributed by atoms with Crippen LogP contribution in [0.3, 0.4) is 0 Å². The Kier molecular flexibility index (Phi) is 7.82. The van der Waals surface area contributed by atoms with E-state index in [4.69, 9.17) is 15.5 Å². The van der Waals surface area contributed by atoms with Gasteiger partial charge in [-0.2, -0.15) is 0 Å². The Morgan fingerprint density at radius 1 is 1.32 bits per heavy atom. The molecule has 5 nitrogen and oxygen atoms in total. The van der Waals surface area contributed by atoms with Gasteiger partial charge in [-0.15, -0.1) is 11.8 Å². The molecule has 0 spiro atoms. The van der Waals surface area contributed by atoms with E-state index in [0.29, 0.717) is 28.3 Å². The highest BCUT2D eigenvalue weighted by Crippen LogP contribution is 2.27. The molecule has 1 aromatic carbocycles. The fourth-order valence-corrected chi connectivity index (χ4v) is 4.23. The maximum absolute atomic E-state index is 8.53. The Morgan fingerprint density at radius 2 is 2.06 bits per heavy atom. The highest BCUT2D eigenvalue weighted by Gasteiger charge is 2.17. The van der Waals surface area contributed by atoms with Gasteiger partial charge in [-0.05, 0) is 44.0 Å². The minimum absolute atomic E-state index is 0.204. The largest absolute Gasteiger partial charge is 0.592 e. The Labute approximate surface area is 188 Å². The third kappa shape index (κ3) is 6.15. The molecule has 0 saturated carbocycles. The third-order valence-electron chi connectivity index (χ3n) is 4.99. The first-order valence-electron chi connectivity index (χ1n) is 10.5. The van der Waals surface area contributed by atoms with Crippen LogP contribution in [0, 0.1) is 18.3 Å². The molecular weight excluding hydrogens is 404 g/mol. The molecule has 0 aliphatic heterocycles. The van der Waals surface area contributed by atoms with E-state index in [9.17, 15) is 0 Å². The quantitative estimate of drug-likeness (QED) is 0.271. The summed E-state index contributed by atoms with van der Waals surface area (Å²) in [4.78, 5) is 10.4. The summed E-state index contributed by atoms with van der Waals surface area (Å²) in [6.45, 7) is 7.13. The minimum Gasteiger partial charge on any atom is -0.592 e. The first-order valence-corrected chi connectivity index (χ1v) is 11.4. The number of allylic oxidation sites excluding steroid dienone is 4. The number of hydrogen-bond acceptors (Lipinski definition) is 5. The number of nitrogens with zero attached hydrogens (tertiary/aromatic N) is 2. The van der Waals surface area contributed by atoms with Crippen LogP contribution < -0.4 is 5.32 Å². The molecule has 1 unspecified atom stereocenters. The van der Waals surface area contributed by atoms with E-state index in [1.807, 2.05) is 43.9 Å². The van der Waals surface area contributed by atoms with Crippen LogP contribution in [-0.2, 0) is 0 Å². The van der Waals surface area contributed by atoms with Crippen LogP contribution in [0.15, 0.2) is 65.2 Å². The summed E-state index contributed by atoms with van der Waals surface area (Å²) < 4.78 is 0. The summed E-state index contributed by atoms with van der Waals surface area (Å²) in [7, 11) is 1.95. The summed E-state index contributed by atoms with van der Waals surface area (Å²) in [5.41, 5.74) is 4.07. The van der Waals surface area contributed by atoms with Crippen molar-refractivity contribution in [1.29, 1.82) is 5.41 Å². The second-order valence-electron chi connectivity index (χ2n) is 7.92. The molecule has 0 amide bonds. The number of nitrogens with one attached hydrogen (secondary N) is 2. The second kappa shape index (κ2) is 10.6. The lowest BCUT2D eigenvalue weighted by atomic mass is 9.94. The van der Waals surface area contributed by atoms with Gasteiger partial charge < -0.3 is 10.4 Å². The summed E-state index contributed by atoms with van der Waals surface area (Å²) in [5, 5.41) is 20.7. The van der Waals surface area contributed by atoms with Crippen LogP contribution in [0.5, 0.6) is 0 Å². The van der Waals surface area contributed by atoms with Crippen LogP contribution >= 0.6 is 11.8 Å². The van der Waals surface area contributed by atoms with E-state index in [1.165, 1.54) is 4.90 Å². The van der Waals surface area contributed by atoms with E-state index >= 15 is 0 Å². The van der Waals surface area contributed by atoms with Gasteiger partial charge in [0.05, 0.1) is 29.4 Å². The van der Waals surface area contributed by atoms with Crippen molar-refractivity contribution in [1.82, 2.24) is 15.3 Å². The molecule has 0 saturated heterocycles. The molecule has 1 aliphatic rings. The standard InChI is InChI=1S/C25H30N4OS/c1-16(2)31-21-11-9-20(10-12-21)23-15-28-17(3)25(29-23)24(30)13-22(26)19-7-5-18(6-8-19)14-27-4/h5,7-13,15-16,18,26-27,30H,6,14H2,1-4H3/p+1/b24-13-,26-22?. The number of rotatable bonds is 8. The predicted octanol–water partition coefficient (Wildman–Crippen LogP) is 4.76. The Morgan fingerprint density at radius 3 is 2.68 bits per heavy atom. The number of thioether (sulfide) groups is 1. The Bertz CT molecular complexity index is 1020. The van der Waals surface area contributed by atoms with Crippen LogP contribution in [-0.4, -0.2) is 39.6 Å². The molecule has 162 valence electrons. The molecule has 31 heavy (non-hydrogen) atoms. The van der Waals surface area contributed by atoms with Crippen molar-refractivity contribution in [2.24, 2.45) is 5.92 Å². The lowest BCUT2D eigenvalue weighted by Crippen LogP contribution is -2.18. The Balaban J connectivity index is 1.79. The monoisotopic (exact) mass is 435 g/mol. The van der Waals surface area contributed by atoms with Gasteiger partial charge in [0.25, 0.3) is 5.76 Å². The van der Waals surface area contributed by atoms with Crippen molar-refractivity contribution in [3.63, 3.8) is 0 Å². The summed E-state index contributed by atoms with van der Waals surface area (Å²) in [6.07, 6.45) is 10.4. The average molecular weight is 436 g/mol. The molecule has 1 aliphatic carbocycles. The second-order valence-corrected chi connectivity index (χ2v) is 9.57. The fourth-order valence-electron chi connectivity index (χ4n) is 3.39. The third-order valence-corrected chi connectivity index (χ3v) is 6.00. The molecule has 1 heterocycles. The maximum atomic E-state index is 8.53. The van der Waals surface area contributed by atoms with Crippen LogP contribution in [0.1, 0.15) is 31.7 Å². The van der Waals surface area contributed by atoms with E-state index in [-0.39, 0.29) is 5.76 Å². The van der Waals surface area contributed by atoms with Crippen molar-refractivity contribution in [2.75, 3.05) is 13.6 Å². The fraction of sp³-hybridized carbons (Fsp3) is 0.320. The van der Waals surface area contributed by atoms with Crippen LogP contribution in [0.4, 0.5) is 0 Å². The number of aryl methyl sites for hydroxylation is 1. The van der Waals surface area contributed by atoms with Gasteiger partial charge in [-0.3, -0.25) is 10.4 Å². The highest BCUT2D eigenvalue weighted by molar-refractivity contribution is 7.99. The van der Waals surface area contributed by atoms with Gasteiger partial charge in [0.15, 0.2) is 5.69 Å². The van der Waals surface area contributed by atoms with Gasteiger partial charge in [0, 0.05) is 22.3 Å². The summed E-state index contributed by atoms with van der Waals surface area (Å²) >= 11 is 1.82.